The number of halogens is 3. The van der Waals surface area contributed by atoms with Crippen LogP contribution in [0.4, 0.5) is 24.5 Å². The van der Waals surface area contributed by atoms with Gasteiger partial charge in [-0.3, -0.25) is 14.9 Å². The summed E-state index contributed by atoms with van der Waals surface area (Å²) in [5, 5.41) is 21.6. The number of benzene rings is 1. The van der Waals surface area contributed by atoms with Crippen molar-refractivity contribution in [2.45, 2.75) is 44.1 Å². The molecule has 1 heterocycles. The first kappa shape index (κ1) is 21.7. The van der Waals surface area contributed by atoms with Crippen LogP contribution in [0.5, 0.6) is 0 Å². The second kappa shape index (κ2) is 9.53. The second-order valence-corrected chi connectivity index (χ2v) is 6.78. The van der Waals surface area contributed by atoms with Crippen LogP contribution in [0, 0.1) is 10.1 Å². The summed E-state index contributed by atoms with van der Waals surface area (Å²) in [6, 6.07) is 1.95. The fraction of sp³-hybridized carbons (Fsp3) is 0.438. The molecule has 2 aromatic rings. The maximum Gasteiger partial charge on any atom is 0.416 e. The predicted molar refractivity (Wildman–Crippen MR) is 97.0 cm³/mol. The highest BCUT2D eigenvalue weighted by atomic mass is 32.2. The van der Waals surface area contributed by atoms with E-state index in [0.29, 0.717) is 23.8 Å². The van der Waals surface area contributed by atoms with E-state index < -0.39 is 28.3 Å². The molecule has 0 aliphatic rings. The number of hydrogen-bond donors (Lipinski definition) is 1. The van der Waals surface area contributed by atoms with Crippen molar-refractivity contribution >= 4 is 29.0 Å². The Bertz CT molecular complexity index is 841. The zero-order valence-corrected chi connectivity index (χ0v) is 15.7. The fourth-order valence-electron chi connectivity index (χ4n) is 2.32. The summed E-state index contributed by atoms with van der Waals surface area (Å²) in [6.07, 6.45) is -0.132. The number of amides is 1. The van der Waals surface area contributed by atoms with Crippen LogP contribution >= 0.6 is 11.8 Å². The molecule has 1 N–H and O–H groups in total. The van der Waals surface area contributed by atoms with Gasteiger partial charge in [0.2, 0.25) is 5.91 Å². The summed E-state index contributed by atoms with van der Waals surface area (Å²) in [7, 11) is 0. The fourth-order valence-corrected chi connectivity index (χ4v) is 3.06. The molecule has 0 aliphatic carbocycles. The third-order valence-corrected chi connectivity index (χ3v) is 4.69. The number of unbranched alkanes of at least 4 members (excludes halogenated alkanes) is 2. The number of nitro benzene ring substituents is 1. The lowest BCUT2D eigenvalue weighted by Gasteiger charge is -2.10. The quantitative estimate of drug-likeness (QED) is 0.285. The lowest BCUT2D eigenvalue weighted by Crippen LogP contribution is -2.16. The highest BCUT2D eigenvalue weighted by Gasteiger charge is 2.33. The lowest BCUT2D eigenvalue weighted by molar-refractivity contribution is -0.384. The van der Waals surface area contributed by atoms with Crippen molar-refractivity contribution in [2.75, 3.05) is 11.1 Å². The molecule has 152 valence electrons. The number of aryl methyl sites for hydroxylation is 1. The zero-order chi connectivity index (χ0) is 20.7. The summed E-state index contributed by atoms with van der Waals surface area (Å²) >= 11 is 1.09. The van der Waals surface area contributed by atoms with Gasteiger partial charge in [0, 0.05) is 12.6 Å². The molecule has 0 fully saturated rings. The van der Waals surface area contributed by atoms with Crippen LogP contribution < -0.4 is 5.32 Å². The maximum atomic E-state index is 12.7. The molecular weight excluding hydrogens is 399 g/mol. The Morgan fingerprint density at radius 3 is 2.75 bits per heavy atom. The van der Waals surface area contributed by atoms with Crippen molar-refractivity contribution in [3.8, 4) is 0 Å². The van der Waals surface area contributed by atoms with Gasteiger partial charge in [-0.1, -0.05) is 31.5 Å². The Labute approximate surface area is 162 Å². The number of anilines is 1. The monoisotopic (exact) mass is 417 g/mol. The van der Waals surface area contributed by atoms with E-state index in [2.05, 4.69) is 22.4 Å². The van der Waals surface area contributed by atoms with Crippen LogP contribution in [0.1, 0.15) is 31.7 Å². The predicted octanol–water partition coefficient (Wildman–Crippen LogP) is 4.13. The van der Waals surface area contributed by atoms with E-state index in [4.69, 9.17) is 0 Å². The van der Waals surface area contributed by atoms with E-state index in [1.165, 1.54) is 0 Å². The number of nitrogens with one attached hydrogen (secondary N) is 1. The zero-order valence-electron chi connectivity index (χ0n) is 14.9. The number of hydrogen-bond acceptors (Lipinski definition) is 6. The molecule has 1 aromatic heterocycles. The number of aromatic nitrogens is 3. The minimum Gasteiger partial charge on any atom is -0.320 e. The summed E-state index contributed by atoms with van der Waals surface area (Å²) < 4.78 is 40.0. The topological polar surface area (TPSA) is 103 Å². The van der Waals surface area contributed by atoms with Crippen LogP contribution in [0.2, 0.25) is 0 Å². The van der Waals surface area contributed by atoms with Crippen molar-refractivity contribution < 1.29 is 22.9 Å². The first-order valence-corrected chi connectivity index (χ1v) is 9.37. The van der Waals surface area contributed by atoms with Gasteiger partial charge in [-0.15, -0.1) is 10.2 Å². The van der Waals surface area contributed by atoms with Gasteiger partial charge in [-0.25, -0.2) is 0 Å². The van der Waals surface area contributed by atoms with E-state index in [1.54, 1.807) is 10.9 Å². The summed E-state index contributed by atoms with van der Waals surface area (Å²) in [4.78, 5) is 22.2. The molecule has 0 radical (unpaired) electrons. The average molecular weight is 417 g/mol. The third-order valence-electron chi connectivity index (χ3n) is 3.71. The maximum absolute atomic E-state index is 12.7. The normalized spacial score (nSPS) is 11.4. The minimum absolute atomic E-state index is 0.120. The molecule has 0 spiro atoms. The van der Waals surface area contributed by atoms with Gasteiger partial charge in [-0.2, -0.15) is 13.2 Å². The molecule has 0 saturated heterocycles. The summed E-state index contributed by atoms with van der Waals surface area (Å²) in [5.41, 5.74) is -2.28. The summed E-state index contributed by atoms with van der Waals surface area (Å²) in [5.74, 6) is -0.721. The van der Waals surface area contributed by atoms with Gasteiger partial charge >= 0.3 is 6.18 Å². The van der Waals surface area contributed by atoms with E-state index in [-0.39, 0.29) is 11.4 Å². The van der Waals surface area contributed by atoms with Crippen LogP contribution in [0.15, 0.2) is 29.7 Å². The number of alkyl halides is 3. The number of carbonyl (C=O) groups excluding carboxylic acids is 1. The van der Waals surface area contributed by atoms with E-state index in [0.717, 1.165) is 37.1 Å². The average Bonchev–Trinajstić information content (AvgIpc) is 3.07. The Hall–Kier alpha value is -2.63. The molecule has 0 saturated carbocycles. The number of carbonyl (C=O) groups is 1. The number of thioether (sulfide) groups is 1. The van der Waals surface area contributed by atoms with Crippen molar-refractivity contribution in [1.82, 2.24) is 14.8 Å². The molecule has 0 atom stereocenters. The summed E-state index contributed by atoms with van der Waals surface area (Å²) in [6.45, 7) is 2.78. The Morgan fingerprint density at radius 2 is 2.11 bits per heavy atom. The van der Waals surface area contributed by atoms with Gasteiger partial charge in [0.05, 0.1) is 16.2 Å². The van der Waals surface area contributed by atoms with E-state index in [1.807, 2.05) is 0 Å². The van der Waals surface area contributed by atoms with Gasteiger partial charge < -0.3 is 9.88 Å². The largest absolute Gasteiger partial charge is 0.416 e. The highest BCUT2D eigenvalue weighted by Crippen LogP contribution is 2.35. The highest BCUT2D eigenvalue weighted by molar-refractivity contribution is 7.99. The molecule has 1 amide bonds. The molecule has 0 aliphatic heterocycles. The molecule has 8 nitrogen and oxygen atoms in total. The molecule has 1 aromatic carbocycles. The third kappa shape index (κ3) is 5.94. The molecular formula is C16H18F3N5O3S. The standard InChI is InChI=1S/C16H18F3N5O3S/c1-2-3-4-7-23-10-20-22-15(23)28-9-14(25)21-12-6-5-11(16(17,18)19)8-13(12)24(26)27/h5-6,8,10H,2-4,7,9H2,1H3,(H,21,25). The number of rotatable bonds is 9. The Morgan fingerprint density at radius 1 is 1.36 bits per heavy atom. The van der Waals surface area contributed by atoms with Crippen LogP contribution in [0.25, 0.3) is 0 Å². The van der Waals surface area contributed by atoms with Gasteiger partial charge in [-0.05, 0) is 18.6 Å². The molecule has 0 unspecified atom stereocenters. The van der Waals surface area contributed by atoms with E-state index >= 15 is 0 Å². The first-order valence-electron chi connectivity index (χ1n) is 8.38. The van der Waals surface area contributed by atoms with Gasteiger partial charge in [0.25, 0.3) is 5.69 Å². The van der Waals surface area contributed by atoms with Crippen LogP contribution in [-0.4, -0.2) is 31.3 Å². The van der Waals surface area contributed by atoms with Gasteiger partial charge in [0.15, 0.2) is 5.16 Å². The van der Waals surface area contributed by atoms with Crippen molar-refractivity contribution in [3.63, 3.8) is 0 Å². The van der Waals surface area contributed by atoms with Crippen molar-refractivity contribution in [3.05, 3.63) is 40.2 Å². The Kier molecular flexibility index (Phi) is 7.38. The second-order valence-electron chi connectivity index (χ2n) is 5.84. The molecule has 28 heavy (non-hydrogen) atoms. The van der Waals surface area contributed by atoms with Crippen LogP contribution in [-0.2, 0) is 17.5 Å². The Balaban J connectivity index is 2.02. The SMILES string of the molecule is CCCCCn1cnnc1SCC(=O)Nc1ccc(C(F)(F)F)cc1[N+](=O)[O-]. The van der Waals surface area contributed by atoms with Crippen molar-refractivity contribution in [1.29, 1.82) is 0 Å². The minimum atomic E-state index is -4.72. The van der Waals surface area contributed by atoms with Crippen LogP contribution in [0.3, 0.4) is 0 Å². The number of nitrogens with zero attached hydrogens (tertiary/aromatic N) is 4. The number of nitro groups is 1. The molecule has 12 heteroatoms. The van der Waals surface area contributed by atoms with Crippen molar-refractivity contribution in [2.24, 2.45) is 0 Å². The lowest BCUT2D eigenvalue weighted by atomic mass is 10.1. The smallest absolute Gasteiger partial charge is 0.320 e. The molecule has 0 bridgehead atoms. The first-order chi connectivity index (χ1) is 13.2. The molecule has 2 rings (SSSR count). The van der Waals surface area contributed by atoms with Gasteiger partial charge in [0.1, 0.15) is 12.0 Å². The van der Waals surface area contributed by atoms with E-state index in [9.17, 15) is 28.1 Å².